The second-order valence-electron chi connectivity index (χ2n) is 7.77. The van der Waals surface area contributed by atoms with Crippen LogP contribution in [0.1, 0.15) is 31.1 Å². The molecule has 4 nitrogen and oxygen atoms in total. The van der Waals surface area contributed by atoms with Crippen LogP contribution < -0.4 is 15.1 Å². The molecule has 4 heteroatoms. The molecule has 3 aromatic rings. The predicted molar refractivity (Wildman–Crippen MR) is 129 cm³/mol. The van der Waals surface area contributed by atoms with Crippen LogP contribution in [0, 0.1) is 0 Å². The maximum atomic E-state index is 10.1. The van der Waals surface area contributed by atoms with Gasteiger partial charge in [-0.1, -0.05) is 55.1 Å². The van der Waals surface area contributed by atoms with E-state index in [2.05, 4.69) is 64.2 Å². The van der Waals surface area contributed by atoms with E-state index < -0.39 is 6.23 Å². The number of rotatable bonds is 5. The van der Waals surface area contributed by atoms with Crippen molar-refractivity contribution < 1.29 is 5.11 Å². The molecule has 0 saturated carbocycles. The van der Waals surface area contributed by atoms with Gasteiger partial charge in [0.05, 0.1) is 0 Å². The van der Waals surface area contributed by atoms with Gasteiger partial charge in [0.15, 0.2) is 6.23 Å². The number of anilines is 2. The zero-order chi connectivity index (χ0) is 21.3. The van der Waals surface area contributed by atoms with Crippen molar-refractivity contribution in [3.63, 3.8) is 0 Å². The SMILES string of the molecule is C=CNC(O)c1cccc2c(N(C)C)cccc12.c1ccc(N2CCCCC2)cc1. The highest BCUT2D eigenvalue weighted by molar-refractivity contribution is 5.96. The lowest BCUT2D eigenvalue weighted by molar-refractivity contribution is 0.158. The number of para-hydroxylation sites is 1. The summed E-state index contributed by atoms with van der Waals surface area (Å²) in [6.45, 7) is 6.05. The van der Waals surface area contributed by atoms with E-state index in [1.165, 1.54) is 44.2 Å². The number of piperidine rings is 1. The van der Waals surface area contributed by atoms with Gasteiger partial charge in [-0.3, -0.25) is 0 Å². The molecule has 0 radical (unpaired) electrons. The third-order valence-electron chi connectivity index (χ3n) is 5.46. The van der Waals surface area contributed by atoms with Gasteiger partial charge in [0.2, 0.25) is 0 Å². The van der Waals surface area contributed by atoms with Crippen molar-refractivity contribution in [3.05, 3.63) is 85.1 Å². The Bertz CT molecular complexity index is 933. The first-order chi connectivity index (χ1) is 14.6. The van der Waals surface area contributed by atoms with Crippen molar-refractivity contribution in [1.82, 2.24) is 5.32 Å². The third-order valence-corrected chi connectivity index (χ3v) is 5.46. The minimum atomic E-state index is -0.733. The lowest BCUT2D eigenvalue weighted by atomic mass is 10.0. The summed E-state index contributed by atoms with van der Waals surface area (Å²) in [5.74, 6) is 0. The minimum Gasteiger partial charge on any atom is -0.377 e. The van der Waals surface area contributed by atoms with Gasteiger partial charge in [-0.2, -0.15) is 0 Å². The van der Waals surface area contributed by atoms with E-state index >= 15 is 0 Å². The molecule has 0 aromatic heterocycles. The molecular weight excluding hydrogens is 370 g/mol. The Morgan fingerprint density at radius 1 is 0.900 bits per heavy atom. The highest BCUT2D eigenvalue weighted by atomic mass is 16.3. The zero-order valence-corrected chi connectivity index (χ0v) is 18.1. The number of hydrogen-bond acceptors (Lipinski definition) is 4. The van der Waals surface area contributed by atoms with Crippen LogP contribution in [0.15, 0.2) is 79.5 Å². The molecule has 0 aliphatic carbocycles. The smallest absolute Gasteiger partial charge is 0.150 e. The molecule has 1 fully saturated rings. The Labute approximate surface area is 180 Å². The summed E-state index contributed by atoms with van der Waals surface area (Å²) in [5.41, 5.74) is 3.38. The molecule has 2 N–H and O–H groups in total. The summed E-state index contributed by atoms with van der Waals surface area (Å²) in [6.07, 6.45) is 4.88. The van der Waals surface area contributed by atoms with Crippen LogP contribution in [-0.2, 0) is 0 Å². The van der Waals surface area contributed by atoms with Gasteiger partial charge < -0.3 is 20.2 Å². The molecular formula is C26H33N3O. The molecule has 1 unspecified atom stereocenters. The Kier molecular flexibility index (Phi) is 7.75. The second-order valence-corrected chi connectivity index (χ2v) is 7.77. The van der Waals surface area contributed by atoms with Crippen LogP contribution >= 0.6 is 0 Å². The fraction of sp³-hybridized carbons (Fsp3) is 0.308. The van der Waals surface area contributed by atoms with E-state index in [0.717, 1.165) is 22.0 Å². The minimum absolute atomic E-state index is 0.733. The van der Waals surface area contributed by atoms with Gasteiger partial charge in [-0.15, -0.1) is 0 Å². The van der Waals surface area contributed by atoms with Crippen molar-refractivity contribution in [2.24, 2.45) is 0 Å². The van der Waals surface area contributed by atoms with Crippen molar-refractivity contribution in [1.29, 1.82) is 0 Å². The molecule has 0 spiro atoms. The quantitative estimate of drug-likeness (QED) is 0.567. The van der Waals surface area contributed by atoms with E-state index in [-0.39, 0.29) is 0 Å². The van der Waals surface area contributed by atoms with E-state index in [0.29, 0.717) is 0 Å². The molecule has 0 bridgehead atoms. The number of hydrogen-bond donors (Lipinski definition) is 2. The average Bonchev–Trinajstić information content (AvgIpc) is 2.80. The molecule has 0 amide bonds. The van der Waals surface area contributed by atoms with Crippen LogP contribution in [0.3, 0.4) is 0 Å². The van der Waals surface area contributed by atoms with Gasteiger partial charge in [0, 0.05) is 49.5 Å². The third kappa shape index (κ3) is 5.33. The topological polar surface area (TPSA) is 38.7 Å². The van der Waals surface area contributed by atoms with Gasteiger partial charge in [-0.05, 0) is 49.0 Å². The van der Waals surface area contributed by atoms with Crippen molar-refractivity contribution >= 4 is 22.1 Å². The van der Waals surface area contributed by atoms with E-state index in [1.54, 1.807) is 0 Å². The lowest BCUT2D eigenvalue weighted by Gasteiger charge is -2.28. The molecule has 1 aliphatic heterocycles. The summed E-state index contributed by atoms with van der Waals surface area (Å²) < 4.78 is 0. The zero-order valence-electron chi connectivity index (χ0n) is 18.1. The molecule has 3 aromatic carbocycles. The summed E-state index contributed by atoms with van der Waals surface area (Å²) in [5, 5.41) is 15.0. The van der Waals surface area contributed by atoms with Crippen LogP contribution in [0.4, 0.5) is 11.4 Å². The highest BCUT2D eigenvalue weighted by Crippen LogP contribution is 2.30. The van der Waals surface area contributed by atoms with Gasteiger partial charge in [0.1, 0.15) is 0 Å². The van der Waals surface area contributed by atoms with Crippen LogP contribution in [0.5, 0.6) is 0 Å². The Balaban J connectivity index is 0.000000184. The molecule has 30 heavy (non-hydrogen) atoms. The fourth-order valence-electron chi connectivity index (χ4n) is 3.94. The van der Waals surface area contributed by atoms with Crippen molar-refractivity contribution in [2.45, 2.75) is 25.5 Å². The molecule has 1 heterocycles. The molecule has 158 valence electrons. The van der Waals surface area contributed by atoms with Crippen LogP contribution in [0.2, 0.25) is 0 Å². The van der Waals surface area contributed by atoms with Crippen molar-refractivity contribution in [2.75, 3.05) is 37.0 Å². The molecule has 1 saturated heterocycles. The Morgan fingerprint density at radius 2 is 1.57 bits per heavy atom. The van der Waals surface area contributed by atoms with E-state index in [4.69, 9.17) is 0 Å². The monoisotopic (exact) mass is 403 g/mol. The maximum absolute atomic E-state index is 10.1. The first kappa shape index (κ1) is 21.7. The lowest BCUT2D eigenvalue weighted by Crippen LogP contribution is -2.29. The van der Waals surface area contributed by atoms with Crippen LogP contribution in [0.25, 0.3) is 10.8 Å². The van der Waals surface area contributed by atoms with Gasteiger partial charge in [-0.25, -0.2) is 0 Å². The molecule has 1 aliphatic rings. The second kappa shape index (κ2) is 10.7. The fourth-order valence-corrected chi connectivity index (χ4v) is 3.94. The van der Waals surface area contributed by atoms with Gasteiger partial charge >= 0.3 is 0 Å². The number of aliphatic hydroxyl groups is 1. The Morgan fingerprint density at radius 3 is 2.23 bits per heavy atom. The first-order valence-electron chi connectivity index (χ1n) is 10.7. The summed E-state index contributed by atoms with van der Waals surface area (Å²) in [4.78, 5) is 4.54. The van der Waals surface area contributed by atoms with Gasteiger partial charge in [0.25, 0.3) is 0 Å². The van der Waals surface area contributed by atoms with Crippen molar-refractivity contribution in [3.8, 4) is 0 Å². The number of nitrogens with one attached hydrogen (secondary N) is 1. The standard InChI is InChI=1S/C15H18N2O.C11H15N/c1-4-16-15(18)13-9-5-8-12-11(13)7-6-10-14(12)17(2)3;1-3-7-11(8-4-1)12-9-5-2-6-10-12/h4-10,15-16,18H,1H2,2-3H3;1,3-4,7-8H,2,5-6,9-10H2. The van der Waals surface area contributed by atoms with Crippen LogP contribution in [-0.4, -0.2) is 32.3 Å². The Hall–Kier alpha value is -2.98. The summed E-state index contributed by atoms with van der Waals surface area (Å²) >= 11 is 0. The first-order valence-corrected chi connectivity index (χ1v) is 10.7. The largest absolute Gasteiger partial charge is 0.377 e. The number of nitrogens with zero attached hydrogens (tertiary/aromatic N) is 2. The maximum Gasteiger partial charge on any atom is 0.150 e. The number of benzene rings is 3. The normalized spacial score (nSPS) is 14.4. The van der Waals surface area contributed by atoms with E-state index in [1.807, 2.05) is 38.4 Å². The number of aliphatic hydroxyl groups excluding tert-OH is 1. The highest BCUT2D eigenvalue weighted by Gasteiger charge is 2.11. The average molecular weight is 404 g/mol. The summed E-state index contributed by atoms with van der Waals surface area (Å²) in [6, 6.07) is 22.7. The molecule has 1 atom stereocenters. The number of fused-ring (bicyclic) bond motifs is 1. The molecule has 4 rings (SSSR count). The predicted octanol–water partition coefficient (Wildman–Crippen LogP) is 5.31. The van der Waals surface area contributed by atoms with E-state index in [9.17, 15) is 5.11 Å². The summed E-state index contributed by atoms with van der Waals surface area (Å²) in [7, 11) is 4.03.